The van der Waals surface area contributed by atoms with Crippen LogP contribution in [0.2, 0.25) is 0 Å². The third-order valence-corrected chi connectivity index (χ3v) is 2.22. The molecule has 2 rings (SSSR count). The number of rotatable bonds is 3. The van der Waals surface area contributed by atoms with Crippen molar-refractivity contribution in [3.63, 3.8) is 0 Å². The van der Waals surface area contributed by atoms with Crippen LogP contribution in [0.4, 0.5) is 0 Å². The van der Waals surface area contributed by atoms with Crippen LogP contribution < -0.4 is 0 Å². The highest BCUT2D eigenvalue weighted by Crippen LogP contribution is 2.16. The first-order valence-corrected chi connectivity index (χ1v) is 4.77. The van der Waals surface area contributed by atoms with Gasteiger partial charge < -0.3 is 9.63 Å². The molecule has 0 unspecified atom stereocenters. The van der Waals surface area contributed by atoms with Crippen molar-refractivity contribution in [2.75, 3.05) is 0 Å². The molecule has 82 valence electrons. The Kier molecular flexibility index (Phi) is 2.68. The number of carboxylic acids is 1. The van der Waals surface area contributed by atoms with Gasteiger partial charge in [-0.15, -0.1) is 0 Å². The second-order valence-corrected chi connectivity index (χ2v) is 3.36. The van der Waals surface area contributed by atoms with E-state index in [1.54, 1.807) is 19.2 Å². The molecule has 1 N–H and O–H groups in total. The summed E-state index contributed by atoms with van der Waals surface area (Å²) in [6, 6.07) is 5.46. The lowest BCUT2D eigenvalue weighted by Crippen LogP contribution is -2.03. The topological polar surface area (TPSA) is 76.2 Å². The number of carbonyl (C=O) groups is 1. The Bertz CT molecular complexity index is 505. The fraction of sp³-hybridized carbons (Fsp3) is 0.182. The molecular formula is C11H10N2O3. The third kappa shape index (κ3) is 1.93. The molecule has 0 aliphatic heterocycles. The Morgan fingerprint density at radius 2 is 2.31 bits per heavy atom. The minimum Gasteiger partial charge on any atom is -0.477 e. The summed E-state index contributed by atoms with van der Waals surface area (Å²) in [5, 5.41) is 12.7. The lowest BCUT2D eigenvalue weighted by atomic mass is 10.1. The Morgan fingerprint density at radius 1 is 1.50 bits per heavy atom. The van der Waals surface area contributed by atoms with Gasteiger partial charge in [-0.05, 0) is 19.1 Å². The molecule has 0 spiro atoms. The molecular weight excluding hydrogens is 208 g/mol. The van der Waals surface area contributed by atoms with E-state index in [1.165, 1.54) is 0 Å². The molecule has 0 aliphatic carbocycles. The second kappa shape index (κ2) is 4.14. The highest BCUT2D eigenvalue weighted by molar-refractivity contribution is 5.89. The van der Waals surface area contributed by atoms with Crippen LogP contribution >= 0.6 is 0 Å². The van der Waals surface area contributed by atoms with Gasteiger partial charge >= 0.3 is 5.97 Å². The predicted octanol–water partition coefficient (Wildman–Crippen LogP) is 1.67. The quantitative estimate of drug-likeness (QED) is 0.847. The number of aromatic nitrogens is 2. The molecule has 2 heterocycles. The molecule has 0 aromatic carbocycles. The molecule has 16 heavy (non-hydrogen) atoms. The number of aryl methyl sites for hydroxylation is 1. The SMILES string of the molecule is Cc1onc(Cc2ccccn2)c1C(=O)O. The minimum absolute atomic E-state index is 0.130. The smallest absolute Gasteiger partial charge is 0.341 e. The molecule has 0 saturated heterocycles. The molecule has 0 bridgehead atoms. The van der Waals surface area contributed by atoms with Crippen LogP contribution in [-0.4, -0.2) is 21.2 Å². The summed E-state index contributed by atoms with van der Waals surface area (Å²) >= 11 is 0. The maximum atomic E-state index is 11.0. The van der Waals surface area contributed by atoms with E-state index in [1.807, 2.05) is 12.1 Å². The van der Waals surface area contributed by atoms with Crippen LogP contribution in [0.5, 0.6) is 0 Å². The molecule has 0 saturated carbocycles. The summed E-state index contributed by atoms with van der Waals surface area (Å²) in [6.07, 6.45) is 2.02. The number of carboxylic acid groups (broad SMARTS) is 1. The summed E-state index contributed by atoms with van der Waals surface area (Å²) in [5.74, 6) is -0.705. The number of aromatic carboxylic acids is 1. The van der Waals surface area contributed by atoms with Gasteiger partial charge in [0.1, 0.15) is 17.0 Å². The minimum atomic E-state index is -1.02. The Labute approximate surface area is 91.7 Å². The van der Waals surface area contributed by atoms with Crippen LogP contribution in [0.1, 0.15) is 27.5 Å². The normalized spacial score (nSPS) is 10.3. The van der Waals surface area contributed by atoms with E-state index in [0.29, 0.717) is 17.9 Å². The zero-order valence-electron chi connectivity index (χ0n) is 8.67. The molecule has 2 aromatic heterocycles. The lowest BCUT2D eigenvalue weighted by Gasteiger charge is -1.97. The van der Waals surface area contributed by atoms with Crippen molar-refractivity contribution in [1.82, 2.24) is 10.1 Å². The van der Waals surface area contributed by atoms with E-state index in [0.717, 1.165) is 5.69 Å². The summed E-state index contributed by atoms with van der Waals surface area (Å²) in [7, 11) is 0. The van der Waals surface area contributed by atoms with E-state index >= 15 is 0 Å². The fourth-order valence-corrected chi connectivity index (χ4v) is 1.49. The highest BCUT2D eigenvalue weighted by atomic mass is 16.5. The monoisotopic (exact) mass is 218 g/mol. The Morgan fingerprint density at radius 3 is 2.94 bits per heavy atom. The fourth-order valence-electron chi connectivity index (χ4n) is 1.49. The zero-order valence-corrected chi connectivity index (χ0v) is 8.67. The van der Waals surface area contributed by atoms with E-state index in [9.17, 15) is 4.79 Å². The van der Waals surface area contributed by atoms with Crippen LogP contribution in [0.3, 0.4) is 0 Å². The van der Waals surface area contributed by atoms with Gasteiger partial charge in [0.15, 0.2) is 0 Å². The van der Waals surface area contributed by atoms with Crippen molar-refractivity contribution < 1.29 is 14.4 Å². The summed E-state index contributed by atoms with van der Waals surface area (Å²) in [4.78, 5) is 15.1. The van der Waals surface area contributed by atoms with Crippen LogP contribution in [0.25, 0.3) is 0 Å². The average Bonchev–Trinajstić information content (AvgIpc) is 2.61. The van der Waals surface area contributed by atoms with Crippen molar-refractivity contribution in [3.8, 4) is 0 Å². The Hall–Kier alpha value is -2.17. The summed E-state index contributed by atoms with van der Waals surface area (Å²) in [6.45, 7) is 1.58. The van der Waals surface area contributed by atoms with Gasteiger partial charge in [-0.25, -0.2) is 4.79 Å². The van der Waals surface area contributed by atoms with Gasteiger partial charge in [-0.1, -0.05) is 11.2 Å². The van der Waals surface area contributed by atoms with Gasteiger partial charge in [-0.2, -0.15) is 0 Å². The third-order valence-electron chi connectivity index (χ3n) is 2.22. The van der Waals surface area contributed by atoms with Gasteiger partial charge in [0.25, 0.3) is 0 Å². The largest absolute Gasteiger partial charge is 0.477 e. The molecule has 2 aromatic rings. The van der Waals surface area contributed by atoms with E-state index in [2.05, 4.69) is 10.1 Å². The average molecular weight is 218 g/mol. The van der Waals surface area contributed by atoms with Crippen LogP contribution in [-0.2, 0) is 6.42 Å². The van der Waals surface area contributed by atoms with E-state index in [-0.39, 0.29) is 5.56 Å². The van der Waals surface area contributed by atoms with Gasteiger partial charge in [0.2, 0.25) is 0 Å². The maximum absolute atomic E-state index is 11.0. The zero-order chi connectivity index (χ0) is 11.5. The van der Waals surface area contributed by atoms with Crippen molar-refractivity contribution in [3.05, 3.63) is 47.1 Å². The predicted molar refractivity (Wildman–Crippen MR) is 55.2 cm³/mol. The molecule has 0 amide bonds. The number of pyridine rings is 1. The lowest BCUT2D eigenvalue weighted by molar-refractivity contribution is 0.0694. The standard InChI is InChI=1S/C11H10N2O3/c1-7-10(11(14)15)9(13-16-7)6-8-4-2-3-5-12-8/h2-5H,6H2,1H3,(H,14,15). The number of nitrogens with zero attached hydrogens (tertiary/aromatic N) is 2. The molecule has 0 atom stereocenters. The highest BCUT2D eigenvalue weighted by Gasteiger charge is 2.19. The van der Waals surface area contributed by atoms with Crippen LogP contribution in [0, 0.1) is 6.92 Å². The van der Waals surface area contributed by atoms with E-state index in [4.69, 9.17) is 9.63 Å². The molecule has 5 heteroatoms. The van der Waals surface area contributed by atoms with Crippen LogP contribution in [0.15, 0.2) is 28.9 Å². The van der Waals surface area contributed by atoms with Crippen molar-refractivity contribution >= 4 is 5.97 Å². The van der Waals surface area contributed by atoms with Crippen molar-refractivity contribution in [2.24, 2.45) is 0 Å². The summed E-state index contributed by atoms with van der Waals surface area (Å²) < 4.78 is 4.87. The second-order valence-electron chi connectivity index (χ2n) is 3.36. The Balaban J connectivity index is 2.32. The first-order valence-electron chi connectivity index (χ1n) is 4.77. The molecule has 0 radical (unpaired) electrons. The molecule has 5 nitrogen and oxygen atoms in total. The molecule has 0 fully saturated rings. The number of hydrogen-bond donors (Lipinski definition) is 1. The maximum Gasteiger partial charge on any atom is 0.341 e. The first kappa shape index (κ1) is 10.4. The van der Waals surface area contributed by atoms with Gasteiger partial charge in [0.05, 0.1) is 0 Å². The van der Waals surface area contributed by atoms with Gasteiger partial charge in [-0.3, -0.25) is 4.98 Å². The first-order chi connectivity index (χ1) is 7.68. The van der Waals surface area contributed by atoms with E-state index < -0.39 is 5.97 Å². The summed E-state index contributed by atoms with van der Waals surface area (Å²) in [5.41, 5.74) is 1.30. The van der Waals surface area contributed by atoms with Gasteiger partial charge in [0, 0.05) is 18.3 Å². The number of hydrogen-bond acceptors (Lipinski definition) is 4. The molecule has 0 aliphatic rings. The van der Waals surface area contributed by atoms with Crippen molar-refractivity contribution in [1.29, 1.82) is 0 Å². The van der Waals surface area contributed by atoms with Crippen molar-refractivity contribution in [2.45, 2.75) is 13.3 Å².